The number of hydrogen-bond donors (Lipinski definition) is 1. The van der Waals surface area contributed by atoms with Crippen molar-refractivity contribution in [1.29, 1.82) is 0 Å². The molecule has 0 saturated heterocycles. The molecule has 0 fully saturated rings. The van der Waals surface area contributed by atoms with E-state index in [1.54, 1.807) is 14.2 Å². The van der Waals surface area contributed by atoms with Crippen LogP contribution in [0.5, 0.6) is 0 Å². The molecule has 0 aliphatic heterocycles. The van der Waals surface area contributed by atoms with Crippen LogP contribution in [0.1, 0.15) is 37.4 Å². The Hall–Kier alpha value is -0.940. The lowest BCUT2D eigenvalue weighted by atomic mass is 10.0. The number of nitrogens with zero attached hydrogens (tertiary/aromatic N) is 1. The van der Waals surface area contributed by atoms with Crippen LogP contribution in [-0.2, 0) is 16.1 Å². The van der Waals surface area contributed by atoms with E-state index in [4.69, 9.17) is 15.2 Å². The van der Waals surface area contributed by atoms with Gasteiger partial charge in [0.2, 0.25) is 0 Å². The standard InChI is InChI=1S/C17H30N2O2/c1-5-14(2)19(9-10-20-3)17(12-18)16-8-6-7-15(11-16)13-21-4/h6-8,11,14,17H,5,9-10,12-13,18H2,1-4H3. The molecule has 0 bridgehead atoms. The smallest absolute Gasteiger partial charge is 0.0713 e. The van der Waals surface area contributed by atoms with Crippen LogP contribution >= 0.6 is 0 Å². The van der Waals surface area contributed by atoms with Crippen molar-refractivity contribution < 1.29 is 9.47 Å². The van der Waals surface area contributed by atoms with Gasteiger partial charge in [0.15, 0.2) is 0 Å². The molecule has 0 spiro atoms. The molecule has 2 N–H and O–H groups in total. The van der Waals surface area contributed by atoms with Crippen molar-refractivity contribution in [3.63, 3.8) is 0 Å². The number of hydrogen-bond acceptors (Lipinski definition) is 4. The van der Waals surface area contributed by atoms with Crippen molar-refractivity contribution in [1.82, 2.24) is 4.90 Å². The lowest BCUT2D eigenvalue weighted by Gasteiger charge is -2.36. The molecule has 0 aliphatic carbocycles. The molecule has 0 saturated carbocycles. The minimum Gasteiger partial charge on any atom is -0.383 e. The second-order valence-electron chi connectivity index (χ2n) is 5.42. The lowest BCUT2D eigenvalue weighted by Crippen LogP contribution is -2.41. The van der Waals surface area contributed by atoms with Crippen LogP contribution in [0.3, 0.4) is 0 Å². The van der Waals surface area contributed by atoms with E-state index in [1.807, 2.05) is 0 Å². The minimum absolute atomic E-state index is 0.215. The summed E-state index contributed by atoms with van der Waals surface area (Å²) in [4.78, 5) is 2.44. The Morgan fingerprint density at radius 1 is 1.24 bits per heavy atom. The van der Waals surface area contributed by atoms with Crippen molar-refractivity contribution in [3.8, 4) is 0 Å². The molecular weight excluding hydrogens is 264 g/mol. The van der Waals surface area contributed by atoms with Gasteiger partial charge in [-0.1, -0.05) is 31.2 Å². The maximum atomic E-state index is 6.08. The lowest BCUT2D eigenvalue weighted by molar-refractivity contribution is 0.0901. The molecule has 0 amide bonds. The fourth-order valence-electron chi connectivity index (χ4n) is 2.63. The highest BCUT2D eigenvalue weighted by Crippen LogP contribution is 2.24. The first kappa shape index (κ1) is 18.1. The third-order valence-corrected chi connectivity index (χ3v) is 3.98. The van der Waals surface area contributed by atoms with Gasteiger partial charge in [0, 0.05) is 39.4 Å². The average molecular weight is 294 g/mol. The van der Waals surface area contributed by atoms with Gasteiger partial charge in [-0.15, -0.1) is 0 Å². The molecule has 1 rings (SSSR count). The van der Waals surface area contributed by atoms with Gasteiger partial charge in [-0.05, 0) is 24.5 Å². The van der Waals surface area contributed by atoms with Gasteiger partial charge in [-0.3, -0.25) is 4.90 Å². The molecule has 0 aliphatic rings. The minimum atomic E-state index is 0.215. The molecule has 1 aromatic carbocycles. The van der Waals surface area contributed by atoms with Crippen LogP contribution in [0, 0.1) is 0 Å². The molecule has 0 radical (unpaired) electrons. The van der Waals surface area contributed by atoms with Crippen LogP contribution in [0.2, 0.25) is 0 Å². The Balaban J connectivity index is 2.97. The largest absolute Gasteiger partial charge is 0.383 e. The van der Waals surface area contributed by atoms with Crippen molar-refractivity contribution in [2.24, 2.45) is 5.73 Å². The maximum absolute atomic E-state index is 6.08. The van der Waals surface area contributed by atoms with E-state index >= 15 is 0 Å². The summed E-state index contributed by atoms with van der Waals surface area (Å²) in [6, 6.07) is 9.20. The zero-order chi connectivity index (χ0) is 15.7. The number of ether oxygens (including phenoxy) is 2. The van der Waals surface area contributed by atoms with Gasteiger partial charge in [0.25, 0.3) is 0 Å². The summed E-state index contributed by atoms with van der Waals surface area (Å²) in [5, 5.41) is 0. The number of rotatable bonds is 10. The van der Waals surface area contributed by atoms with Gasteiger partial charge in [0.1, 0.15) is 0 Å². The predicted molar refractivity (Wildman–Crippen MR) is 87.3 cm³/mol. The van der Waals surface area contributed by atoms with Crippen LogP contribution in [0.4, 0.5) is 0 Å². The molecule has 21 heavy (non-hydrogen) atoms. The highest BCUT2D eigenvalue weighted by Gasteiger charge is 2.23. The van der Waals surface area contributed by atoms with E-state index < -0.39 is 0 Å². The number of nitrogens with two attached hydrogens (primary N) is 1. The van der Waals surface area contributed by atoms with Crippen molar-refractivity contribution in [2.75, 3.05) is 33.9 Å². The van der Waals surface area contributed by atoms with E-state index in [0.717, 1.165) is 19.6 Å². The summed E-state index contributed by atoms with van der Waals surface area (Å²) in [7, 11) is 3.46. The third kappa shape index (κ3) is 5.40. The summed E-state index contributed by atoms with van der Waals surface area (Å²) >= 11 is 0. The highest BCUT2D eigenvalue weighted by molar-refractivity contribution is 5.26. The molecule has 4 nitrogen and oxygen atoms in total. The summed E-state index contributed by atoms with van der Waals surface area (Å²) in [5.41, 5.74) is 8.52. The summed E-state index contributed by atoms with van der Waals surface area (Å²) in [6.07, 6.45) is 1.10. The Labute approximate surface area is 129 Å². The number of methoxy groups -OCH3 is 2. The fourth-order valence-corrected chi connectivity index (χ4v) is 2.63. The Morgan fingerprint density at radius 2 is 2.00 bits per heavy atom. The van der Waals surface area contributed by atoms with E-state index in [1.165, 1.54) is 11.1 Å². The topological polar surface area (TPSA) is 47.7 Å². The van der Waals surface area contributed by atoms with Crippen LogP contribution in [-0.4, -0.2) is 44.9 Å². The van der Waals surface area contributed by atoms with Gasteiger partial charge >= 0.3 is 0 Å². The first-order valence-electron chi connectivity index (χ1n) is 7.70. The summed E-state index contributed by atoms with van der Waals surface area (Å²) in [6.45, 7) is 7.30. The second-order valence-corrected chi connectivity index (χ2v) is 5.42. The van der Waals surface area contributed by atoms with Gasteiger partial charge in [-0.2, -0.15) is 0 Å². The first-order chi connectivity index (χ1) is 10.2. The van der Waals surface area contributed by atoms with E-state index in [2.05, 4.69) is 43.0 Å². The quantitative estimate of drug-likeness (QED) is 0.720. The van der Waals surface area contributed by atoms with E-state index in [9.17, 15) is 0 Å². The van der Waals surface area contributed by atoms with Crippen molar-refractivity contribution in [2.45, 2.75) is 39.0 Å². The maximum Gasteiger partial charge on any atom is 0.0713 e. The molecule has 0 heterocycles. The zero-order valence-corrected chi connectivity index (χ0v) is 13.8. The second kappa shape index (κ2) is 9.90. The third-order valence-electron chi connectivity index (χ3n) is 3.98. The normalized spacial score (nSPS) is 14.4. The molecular formula is C17H30N2O2. The molecule has 0 aromatic heterocycles. The first-order valence-corrected chi connectivity index (χ1v) is 7.70. The molecule has 2 unspecified atom stereocenters. The highest BCUT2D eigenvalue weighted by atomic mass is 16.5. The summed E-state index contributed by atoms with van der Waals surface area (Å²) in [5.74, 6) is 0. The van der Waals surface area contributed by atoms with E-state index in [-0.39, 0.29) is 6.04 Å². The average Bonchev–Trinajstić information content (AvgIpc) is 2.51. The Bertz CT molecular complexity index is 398. The molecule has 120 valence electrons. The Morgan fingerprint density at radius 3 is 2.57 bits per heavy atom. The van der Waals surface area contributed by atoms with Crippen molar-refractivity contribution >= 4 is 0 Å². The SMILES string of the molecule is CCC(C)N(CCOC)C(CN)c1cccc(COC)c1. The van der Waals surface area contributed by atoms with Crippen molar-refractivity contribution in [3.05, 3.63) is 35.4 Å². The van der Waals surface area contributed by atoms with Gasteiger partial charge in [-0.25, -0.2) is 0 Å². The van der Waals surface area contributed by atoms with Crippen LogP contribution in [0.15, 0.2) is 24.3 Å². The van der Waals surface area contributed by atoms with Gasteiger partial charge in [0.05, 0.1) is 13.2 Å². The fraction of sp³-hybridized carbons (Fsp3) is 0.647. The predicted octanol–water partition coefficient (Wildman–Crippen LogP) is 2.58. The molecule has 4 heteroatoms. The van der Waals surface area contributed by atoms with Gasteiger partial charge < -0.3 is 15.2 Å². The van der Waals surface area contributed by atoms with Crippen LogP contribution < -0.4 is 5.73 Å². The monoisotopic (exact) mass is 294 g/mol. The zero-order valence-electron chi connectivity index (χ0n) is 13.8. The molecule has 2 atom stereocenters. The van der Waals surface area contributed by atoms with E-state index in [0.29, 0.717) is 19.2 Å². The number of benzene rings is 1. The Kier molecular flexibility index (Phi) is 8.54. The molecule has 1 aromatic rings. The van der Waals surface area contributed by atoms with Crippen LogP contribution in [0.25, 0.3) is 0 Å². The summed E-state index contributed by atoms with van der Waals surface area (Å²) < 4.78 is 10.5.